The van der Waals surface area contributed by atoms with Crippen LogP contribution in [0.1, 0.15) is 36.0 Å². The van der Waals surface area contributed by atoms with Crippen molar-refractivity contribution in [2.75, 3.05) is 13.7 Å². The number of carbonyl (C=O) groups excluding carboxylic acids is 3. The summed E-state index contributed by atoms with van der Waals surface area (Å²) in [6.45, 7) is 0.162. The summed E-state index contributed by atoms with van der Waals surface area (Å²) in [4.78, 5) is 41.3. The number of hydrogen-bond acceptors (Lipinski definition) is 6. The van der Waals surface area contributed by atoms with Crippen molar-refractivity contribution in [1.82, 2.24) is 15.2 Å². The van der Waals surface area contributed by atoms with Crippen LogP contribution in [0.5, 0.6) is 5.88 Å². The molecule has 3 rings (SSSR count). The Kier molecular flexibility index (Phi) is 5.36. The molecule has 3 N–H and O–H groups in total. The molecule has 1 saturated heterocycles. The highest BCUT2D eigenvalue weighted by molar-refractivity contribution is 6.04. The number of rotatable bonds is 6. The molecule has 140 valence electrons. The van der Waals surface area contributed by atoms with Crippen LogP contribution in [0.3, 0.4) is 0 Å². The molecule has 9 heteroatoms. The molecular formula is C17H22N4O5. The second-order valence-electron chi connectivity index (χ2n) is 6.43. The predicted octanol–water partition coefficient (Wildman–Crippen LogP) is 0.437. The Morgan fingerprint density at radius 3 is 2.73 bits per heavy atom. The molecule has 1 aliphatic heterocycles. The average molecular weight is 362 g/mol. The summed E-state index contributed by atoms with van der Waals surface area (Å²) in [5.74, 6) is -0.620. The van der Waals surface area contributed by atoms with Gasteiger partial charge < -0.3 is 20.5 Å². The van der Waals surface area contributed by atoms with Crippen molar-refractivity contribution in [3.63, 3.8) is 0 Å². The number of urea groups is 1. The maximum absolute atomic E-state index is 12.4. The molecule has 1 aromatic heterocycles. The SMILES string of the molecule is COC[C@@H]1NC(=O)N(C2CCC(Oc3ncccc3C(N)=O)CC2)C1=O. The molecule has 0 spiro atoms. The van der Waals surface area contributed by atoms with Gasteiger partial charge in [0.05, 0.1) is 6.61 Å². The summed E-state index contributed by atoms with van der Waals surface area (Å²) < 4.78 is 10.8. The van der Waals surface area contributed by atoms with Crippen molar-refractivity contribution < 1.29 is 23.9 Å². The maximum Gasteiger partial charge on any atom is 0.325 e. The van der Waals surface area contributed by atoms with Gasteiger partial charge in [-0.15, -0.1) is 0 Å². The lowest BCUT2D eigenvalue weighted by Crippen LogP contribution is -2.44. The van der Waals surface area contributed by atoms with Crippen LogP contribution in [-0.2, 0) is 9.53 Å². The van der Waals surface area contributed by atoms with Crippen molar-refractivity contribution in [3.05, 3.63) is 23.9 Å². The number of hydrogen-bond donors (Lipinski definition) is 2. The van der Waals surface area contributed by atoms with E-state index in [9.17, 15) is 14.4 Å². The number of amides is 4. The monoisotopic (exact) mass is 362 g/mol. The molecule has 4 amide bonds. The number of nitrogens with two attached hydrogens (primary N) is 1. The van der Waals surface area contributed by atoms with Crippen LogP contribution >= 0.6 is 0 Å². The normalized spacial score (nSPS) is 25.9. The Morgan fingerprint density at radius 2 is 2.08 bits per heavy atom. The fourth-order valence-corrected chi connectivity index (χ4v) is 3.43. The first-order chi connectivity index (χ1) is 12.5. The van der Waals surface area contributed by atoms with Gasteiger partial charge in [0.1, 0.15) is 17.7 Å². The molecule has 1 atom stereocenters. The van der Waals surface area contributed by atoms with Crippen LogP contribution in [0.4, 0.5) is 4.79 Å². The van der Waals surface area contributed by atoms with Gasteiger partial charge in [0, 0.05) is 19.3 Å². The fourth-order valence-electron chi connectivity index (χ4n) is 3.43. The molecule has 26 heavy (non-hydrogen) atoms. The minimum absolute atomic E-state index is 0.144. The standard InChI is InChI=1S/C17H22N4O5/c1-25-9-13-16(23)21(17(24)20-13)10-4-6-11(7-5-10)26-15-12(14(18)22)3-2-8-19-15/h2-3,8,10-11,13H,4-7,9H2,1H3,(H2,18,22)(H,20,24)/t10?,11?,13-/m0/s1. The van der Waals surface area contributed by atoms with Gasteiger partial charge >= 0.3 is 6.03 Å². The Balaban J connectivity index is 1.59. The predicted molar refractivity (Wildman–Crippen MR) is 90.5 cm³/mol. The van der Waals surface area contributed by atoms with Crippen molar-refractivity contribution in [1.29, 1.82) is 0 Å². The molecule has 2 heterocycles. The summed E-state index contributed by atoms with van der Waals surface area (Å²) in [5.41, 5.74) is 5.58. The zero-order valence-electron chi connectivity index (χ0n) is 14.5. The number of nitrogens with zero attached hydrogens (tertiary/aromatic N) is 2. The number of pyridine rings is 1. The van der Waals surface area contributed by atoms with Crippen molar-refractivity contribution in [2.24, 2.45) is 5.73 Å². The quantitative estimate of drug-likeness (QED) is 0.708. The van der Waals surface area contributed by atoms with Crippen molar-refractivity contribution in [2.45, 2.75) is 43.9 Å². The maximum atomic E-state index is 12.4. The summed E-state index contributed by atoms with van der Waals surface area (Å²) in [7, 11) is 1.49. The van der Waals surface area contributed by atoms with Crippen LogP contribution in [0.15, 0.2) is 18.3 Å². The van der Waals surface area contributed by atoms with E-state index in [4.69, 9.17) is 15.2 Å². The molecule has 1 aromatic rings. The van der Waals surface area contributed by atoms with Gasteiger partial charge in [-0.2, -0.15) is 0 Å². The van der Waals surface area contributed by atoms with Crippen LogP contribution in [-0.4, -0.2) is 59.6 Å². The molecule has 1 saturated carbocycles. The van der Waals surface area contributed by atoms with E-state index in [2.05, 4.69) is 10.3 Å². The van der Waals surface area contributed by atoms with Gasteiger partial charge in [-0.25, -0.2) is 9.78 Å². The number of methoxy groups -OCH3 is 1. The van der Waals surface area contributed by atoms with Gasteiger partial charge in [-0.1, -0.05) is 0 Å². The minimum Gasteiger partial charge on any atom is -0.474 e. The highest BCUT2D eigenvalue weighted by Gasteiger charge is 2.43. The first-order valence-electron chi connectivity index (χ1n) is 8.55. The number of carbonyl (C=O) groups is 3. The van der Waals surface area contributed by atoms with E-state index >= 15 is 0 Å². The Labute approximate surface area is 150 Å². The second-order valence-corrected chi connectivity index (χ2v) is 6.43. The first-order valence-corrected chi connectivity index (χ1v) is 8.55. The molecule has 2 fully saturated rings. The molecular weight excluding hydrogens is 340 g/mol. The van der Waals surface area contributed by atoms with Gasteiger partial charge in [-0.05, 0) is 37.8 Å². The largest absolute Gasteiger partial charge is 0.474 e. The van der Waals surface area contributed by atoms with E-state index < -0.39 is 11.9 Å². The molecule has 0 radical (unpaired) electrons. The van der Waals surface area contributed by atoms with E-state index in [1.165, 1.54) is 18.2 Å². The topological polar surface area (TPSA) is 124 Å². The molecule has 0 aromatic carbocycles. The van der Waals surface area contributed by atoms with Crippen LogP contribution in [0.25, 0.3) is 0 Å². The number of nitrogens with one attached hydrogen (secondary N) is 1. The summed E-state index contributed by atoms with van der Waals surface area (Å²) in [6, 6.07) is 2.04. The molecule has 0 bridgehead atoms. The zero-order chi connectivity index (χ0) is 18.7. The van der Waals surface area contributed by atoms with Gasteiger partial charge in [0.2, 0.25) is 5.88 Å². The average Bonchev–Trinajstić information content (AvgIpc) is 2.90. The summed E-state index contributed by atoms with van der Waals surface area (Å²) in [6.07, 6.45) is 3.94. The number of primary amides is 1. The van der Waals surface area contributed by atoms with E-state index in [0.29, 0.717) is 25.7 Å². The lowest BCUT2D eigenvalue weighted by Gasteiger charge is -2.33. The summed E-state index contributed by atoms with van der Waals surface area (Å²) >= 11 is 0. The minimum atomic E-state index is -0.617. The second kappa shape index (κ2) is 7.69. The van der Waals surface area contributed by atoms with Gasteiger partial charge in [-0.3, -0.25) is 14.5 Å². The van der Waals surface area contributed by atoms with Crippen LogP contribution < -0.4 is 15.8 Å². The Hall–Kier alpha value is -2.68. The zero-order valence-corrected chi connectivity index (χ0v) is 14.5. The smallest absolute Gasteiger partial charge is 0.325 e. The fraction of sp³-hybridized carbons (Fsp3) is 0.529. The lowest BCUT2D eigenvalue weighted by molar-refractivity contribution is -0.130. The third-order valence-corrected chi connectivity index (χ3v) is 4.71. The third-order valence-electron chi connectivity index (χ3n) is 4.71. The Morgan fingerprint density at radius 1 is 1.35 bits per heavy atom. The van der Waals surface area contributed by atoms with Crippen LogP contribution in [0, 0.1) is 0 Å². The third kappa shape index (κ3) is 3.62. The highest BCUT2D eigenvalue weighted by atomic mass is 16.5. The number of ether oxygens (including phenoxy) is 2. The van der Waals surface area contributed by atoms with Gasteiger partial charge in [0.25, 0.3) is 11.8 Å². The van der Waals surface area contributed by atoms with Crippen LogP contribution in [0.2, 0.25) is 0 Å². The lowest BCUT2D eigenvalue weighted by atomic mass is 9.92. The van der Waals surface area contributed by atoms with Crippen molar-refractivity contribution >= 4 is 17.8 Å². The Bertz CT molecular complexity index is 702. The van der Waals surface area contributed by atoms with E-state index in [1.807, 2.05) is 0 Å². The van der Waals surface area contributed by atoms with Crippen molar-refractivity contribution in [3.8, 4) is 5.88 Å². The summed E-state index contributed by atoms with van der Waals surface area (Å²) in [5, 5.41) is 2.64. The number of imide groups is 1. The molecule has 0 unspecified atom stereocenters. The van der Waals surface area contributed by atoms with E-state index in [0.717, 1.165) is 0 Å². The first kappa shape index (κ1) is 18.1. The van der Waals surface area contributed by atoms with Gasteiger partial charge in [0.15, 0.2) is 0 Å². The highest BCUT2D eigenvalue weighted by Crippen LogP contribution is 2.29. The molecule has 9 nitrogen and oxygen atoms in total. The van der Waals surface area contributed by atoms with E-state index in [-0.39, 0.29) is 42.1 Å². The van der Waals surface area contributed by atoms with E-state index in [1.54, 1.807) is 12.1 Å². The molecule has 2 aliphatic rings. The number of aromatic nitrogens is 1. The molecule has 1 aliphatic carbocycles.